The quantitative estimate of drug-likeness (QED) is 0.529. The monoisotopic (exact) mass is 458 g/mol. The maximum atomic E-state index is 11.9. The highest BCUT2D eigenvalue weighted by Gasteiger charge is 2.08. The van der Waals surface area contributed by atoms with E-state index in [1.807, 2.05) is 67.6 Å². The van der Waals surface area contributed by atoms with Crippen LogP contribution in [0.25, 0.3) is 11.3 Å². The second kappa shape index (κ2) is 9.52. The zero-order valence-corrected chi connectivity index (χ0v) is 17.6. The fourth-order valence-corrected chi connectivity index (χ4v) is 2.85. The summed E-state index contributed by atoms with van der Waals surface area (Å²) in [7, 11) is 0. The van der Waals surface area contributed by atoms with Gasteiger partial charge in [-0.25, -0.2) is 0 Å². The Hall–Kier alpha value is -2.64. The summed E-state index contributed by atoms with van der Waals surface area (Å²) < 4.78 is 12.2. The average Bonchev–Trinajstić information content (AvgIpc) is 3.15. The first-order chi connectivity index (χ1) is 13.5. The van der Waals surface area contributed by atoms with Crippen LogP contribution in [-0.4, -0.2) is 17.6 Å². The van der Waals surface area contributed by atoms with Crippen molar-refractivity contribution in [1.29, 1.82) is 0 Å². The molecule has 28 heavy (non-hydrogen) atoms. The first-order valence-corrected chi connectivity index (χ1v) is 9.81. The molecule has 0 bridgehead atoms. The molecule has 0 saturated carbocycles. The Bertz CT molecular complexity index is 953. The van der Waals surface area contributed by atoms with Crippen LogP contribution in [0, 0.1) is 6.92 Å². The van der Waals surface area contributed by atoms with Gasteiger partial charge < -0.3 is 19.8 Å². The van der Waals surface area contributed by atoms with E-state index >= 15 is 0 Å². The Kier molecular flexibility index (Phi) is 6.84. The summed E-state index contributed by atoms with van der Waals surface area (Å²) in [4.78, 5) is 11.9. The van der Waals surface area contributed by atoms with Crippen LogP contribution in [0.1, 0.15) is 11.3 Å². The summed E-state index contributed by atoms with van der Waals surface area (Å²) >= 11 is 8.56. The summed E-state index contributed by atoms with van der Waals surface area (Å²) in [5.74, 6) is 1.79. The van der Waals surface area contributed by atoms with Crippen LogP contribution in [0.4, 0.5) is 0 Å². The van der Waals surface area contributed by atoms with Gasteiger partial charge in [0.05, 0.1) is 6.54 Å². The largest absolute Gasteiger partial charge is 0.484 e. The van der Waals surface area contributed by atoms with Crippen molar-refractivity contribution in [2.45, 2.75) is 13.5 Å². The number of furan rings is 1. The van der Waals surface area contributed by atoms with Gasteiger partial charge in [-0.05, 0) is 55.5 Å². The van der Waals surface area contributed by atoms with Gasteiger partial charge in [-0.2, -0.15) is 0 Å². The van der Waals surface area contributed by atoms with E-state index in [0.29, 0.717) is 18.1 Å². The van der Waals surface area contributed by atoms with Gasteiger partial charge in [0, 0.05) is 10.0 Å². The molecule has 2 aromatic carbocycles. The van der Waals surface area contributed by atoms with Gasteiger partial charge >= 0.3 is 0 Å². The molecule has 2 N–H and O–H groups in total. The Morgan fingerprint density at radius 3 is 2.50 bits per heavy atom. The smallest absolute Gasteiger partial charge is 0.264 e. The number of carbonyl (C=O) groups is 1. The molecule has 7 heteroatoms. The third-order valence-electron chi connectivity index (χ3n) is 3.86. The standard InChI is InChI=1S/C21H19BrN2O3S/c1-14-2-8-17(9-3-14)26-13-20(25)24-21(28)23-12-18-10-11-19(27-18)15-4-6-16(22)7-5-15/h2-11H,12-13H2,1H3,(H2,23,24,25,28). The van der Waals surface area contributed by atoms with Crippen molar-refractivity contribution in [2.24, 2.45) is 0 Å². The lowest BCUT2D eigenvalue weighted by molar-refractivity contribution is -0.121. The molecule has 3 rings (SSSR count). The summed E-state index contributed by atoms with van der Waals surface area (Å²) in [5.41, 5.74) is 2.11. The Morgan fingerprint density at radius 2 is 1.79 bits per heavy atom. The number of thiocarbonyl (C=S) groups is 1. The van der Waals surface area contributed by atoms with Crippen molar-refractivity contribution in [3.63, 3.8) is 0 Å². The highest BCUT2D eigenvalue weighted by Crippen LogP contribution is 2.23. The second-order valence-electron chi connectivity index (χ2n) is 6.11. The maximum Gasteiger partial charge on any atom is 0.264 e. The van der Waals surface area contributed by atoms with Gasteiger partial charge in [-0.15, -0.1) is 0 Å². The number of hydrogen-bond donors (Lipinski definition) is 2. The molecule has 1 amide bonds. The molecule has 0 aliphatic carbocycles. The van der Waals surface area contributed by atoms with E-state index in [9.17, 15) is 4.79 Å². The number of benzene rings is 2. The summed E-state index contributed by atoms with van der Waals surface area (Å²) in [6.45, 7) is 2.25. The van der Waals surface area contributed by atoms with Gasteiger partial charge in [0.25, 0.3) is 5.91 Å². The number of aryl methyl sites for hydroxylation is 1. The number of ether oxygens (including phenoxy) is 1. The van der Waals surface area contributed by atoms with Crippen molar-refractivity contribution < 1.29 is 13.9 Å². The van der Waals surface area contributed by atoms with Gasteiger partial charge in [0.15, 0.2) is 11.7 Å². The number of amides is 1. The number of halogens is 1. The van der Waals surface area contributed by atoms with E-state index in [1.54, 1.807) is 0 Å². The predicted molar refractivity (Wildman–Crippen MR) is 116 cm³/mol. The minimum Gasteiger partial charge on any atom is -0.484 e. The number of rotatable bonds is 6. The van der Waals surface area contributed by atoms with Crippen molar-refractivity contribution >= 4 is 39.2 Å². The van der Waals surface area contributed by atoms with Crippen LogP contribution < -0.4 is 15.4 Å². The third kappa shape index (κ3) is 5.94. The molecule has 0 saturated heterocycles. The molecule has 0 atom stereocenters. The predicted octanol–water partition coefficient (Wildman–Crippen LogP) is 4.59. The Labute approximate surface area is 177 Å². The molecular formula is C21H19BrN2O3S. The van der Waals surface area contributed by atoms with Crippen molar-refractivity contribution in [3.8, 4) is 17.1 Å². The molecule has 0 radical (unpaired) electrons. The van der Waals surface area contributed by atoms with Crippen LogP contribution in [0.15, 0.2) is 69.6 Å². The zero-order chi connectivity index (χ0) is 19.9. The lowest BCUT2D eigenvalue weighted by Crippen LogP contribution is -2.41. The Morgan fingerprint density at radius 1 is 1.07 bits per heavy atom. The van der Waals surface area contributed by atoms with Gasteiger partial charge in [-0.3, -0.25) is 4.79 Å². The molecule has 0 unspecified atom stereocenters. The minimum atomic E-state index is -0.326. The number of carbonyl (C=O) groups excluding carboxylic acids is 1. The molecule has 1 aromatic heterocycles. The van der Waals surface area contributed by atoms with Crippen molar-refractivity contribution in [2.75, 3.05) is 6.61 Å². The second-order valence-corrected chi connectivity index (χ2v) is 7.43. The third-order valence-corrected chi connectivity index (χ3v) is 4.63. The highest BCUT2D eigenvalue weighted by atomic mass is 79.9. The van der Waals surface area contributed by atoms with Gasteiger partial charge in [0.2, 0.25) is 0 Å². The van der Waals surface area contributed by atoms with E-state index in [1.165, 1.54) is 0 Å². The highest BCUT2D eigenvalue weighted by molar-refractivity contribution is 9.10. The molecule has 1 heterocycles. The average molecular weight is 459 g/mol. The van der Waals surface area contributed by atoms with E-state index in [4.69, 9.17) is 21.4 Å². The molecule has 5 nitrogen and oxygen atoms in total. The van der Waals surface area contributed by atoms with E-state index in [2.05, 4.69) is 26.6 Å². The van der Waals surface area contributed by atoms with Crippen LogP contribution in [-0.2, 0) is 11.3 Å². The zero-order valence-electron chi connectivity index (χ0n) is 15.2. The van der Waals surface area contributed by atoms with Crippen LogP contribution >= 0.6 is 28.1 Å². The molecule has 0 spiro atoms. The molecular weight excluding hydrogens is 440 g/mol. The fourth-order valence-electron chi connectivity index (χ4n) is 2.40. The van der Waals surface area contributed by atoms with E-state index in [0.717, 1.165) is 21.4 Å². The van der Waals surface area contributed by atoms with E-state index in [-0.39, 0.29) is 17.6 Å². The molecule has 3 aromatic rings. The summed E-state index contributed by atoms with van der Waals surface area (Å²) in [6, 6.07) is 19.1. The molecule has 0 aliphatic rings. The topological polar surface area (TPSA) is 63.5 Å². The van der Waals surface area contributed by atoms with Gasteiger partial charge in [-0.1, -0.05) is 45.8 Å². The van der Waals surface area contributed by atoms with E-state index < -0.39 is 0 Å². The lowest BCUT2D eigenvalue weighted by Gasteiger charge is -2.09. The van der Waals surface area contributed by atoms with Crippen LogP contribution in [0.2, 0.25) is 0 Å². The molecule has 0 fully saturated rings. The normalized spacial score (nSPS) is 10.4. The maximum absolute atomic E-state index is 11.9. The van der Waals surface area contributed by atoms with Crippen molar-refractivity contribution in [3.05, 3.63) is 76.5 Å². The first kappa shape index (κ1) is 20.1. The van der Waals surface area contributed by atoms with Crippen LogP contribution in [0.5, 0.6) is 5.75 Å². The molecule has 144 valence electrons. The SMILES string of the molecule is Cc1ccc(OCC(=O)NC(=S)NCc2ccc(-c3ccc(Br)cc3)o2)cc1. The molecule has 0 aliphatic heterocycles. The fraction of sp³-hybridized carbons (Fsp3) is 0.143. The van der Waals surface area contributed by atoms with Gasteiger partial charge in [0.1, 0.15) is 17.3 Å². The summed E-state index contributed by atoms with van der Waals surface area (Å²) in [5, 5.41) is 5.76. The number of nitrogens with one attached hydrogen (secondary N) is 2. The first-order valence-electron chi connectivity index (χ1n) is 8.61. The number of hydrogen-bond acceptors (Lipinski definition) is 4. The Balaban J connectivity index is 1.43. The van der Waals surface area contributed by atoms with Crippen LogP contribution in [0.3, 0.4) is 0 Å². The lowest BCUT2D eigenvalue weighted by atomic mass is 10.2. The summed E-state index contributed by atoms with van der Waals surface area (Å²) in [6.07, 6.45) is 0. The minimum absolute atomic E-state index is 0.112. The van der Waals surface area contributed by atoms with Crippen molar-refractivity contribution in [1.82, 2.24) is 10.6 Å².